The van der Waals surface area contributed by atoms with Crippen molar-refractivity contribution in [2.45, 2.75) is 19.4 Å². The Kier molecular flexibility index (Phi) is 3.83. The van der Waals surface area contributed by atoms with E-state index in [1.54, 1.807) is 12.3 Å². The Labute approximate surface area is 88.9 Å². The van der Waals surface area contributed by atoms with Crippen LogP contribution in [-0.4, -0.2) is 16.9 Å². The number of nitrogens with two attached hydrogens (primary N) is 1. The molecule has 0 aliphatic rings. The minimum absolute atomic E-state index is 0.220. The van der Waals surface area contributed by atoms with Crippen LogP contribution in [0.4, 0.5) is 5.82 Å². The van der Waals surface area contributed by atoms with Crippen molar-refractivity contribution in [3.05, 3.63) is 23.9 Å². The molecule has 1 aromatic heterocycles. The van der Waals surface area contributed by atoms with Crippen LogP contribution < -0.4 is 11.1 Å². The molecule has 15 heavy (non-hydrogen) atoms. The number of aryl methyl sites for hydroxylation is 1. The molecule has 0 aromatic carbocycles. The Bertz CT molecular complexity index is 395. The number of carbonyl (C=O) groups excluding carboxylic acids is 1. The van der Waals surface area contributed by atoms with Crippen LogP contribution in [-0.2, 0) is 4.79 Å². The minimum atomic E-state index is -0.683. The van der Waals surface area contributed by atoms with Crippen molar-refractivity contribution in [3.63, 3.8) is 0 Å². The lowest BCUT2D eigenvalue weighted by Gasteiger charge is -2.08. The summed E-state index contributed by atoms with van der Waals surface area (Å²) in [7, 11) is 0. The predicted octanol–water partition coefficient (Wildman–Crippen LogP) is 0.679. The van der Waals surface area contributed by atoms with Gasteiger partial charge in [0.05, 0.1) is 6.04 Å². The van der Waals surface area contributed by atoms with E-state index in [0.717, 1.165) is 5.56 Å². The van der Waals surface area contributed by atoms with Crippen LogP contribution in [0.1, 0.15) is 12.0 Å². The topological polar surface area (TPSA) is 68.0 Å². The van der Waals surface area contributed by atoms with Gasteiger partial charge >= 0.3 is 0 Å². The van der Waals surface area contributed by atoms with Crippen LogP contribution in [0.3, 0.4) is 0 Å². The summed E-state index contributed by atoms with van der Waals surface area (Å²) in [5.74, 6) is 2.52. The molecule has 0 aliphatic heterocycles. The highest BCUT2D eigenvalue weighted by Crippen LogP contribution is 2.05. The van der Waals surface area contributed by atoms with Crippen LogP contribution in [0.5, 0.6) is 0 Å². The normalized spacial score (nSPS) is 11.5. The molecule has 0 saturated carbocycles. The zero-order valence-electron chi connectivity index (χ0n) is 8.53. The molecule has 4 heteroatoms. The Morgan fingerprint density at radius 3 is 3.13 bits per heavy atom. The van der Waals surface area contributed by atoms with Crippen molar-refractivity contribution < 1.29 is 4.79 Å². The Morgan fingerprint density at radius 1 is 1.80 bits per heavy atom. The fourth-order valence-corrected chi connectivity index (χ4v) is 1.04. The Hall–Kier alpha value is -1.86. The van der Waals surface area contributed by atoms with Crippen molar-refractivity contribution in [2.24, 2.45) is 5.73 Å². The van der Waals surface area contributed by atoms with Gasteiger partial charge in [-0.05, 0) is 24.6 Å². The van der Waals surface area contributed by atoms with Gasteiger partial charge in [-0.25, -0.2) is 4.98 Å². The lowest BCUT2D eigenvalue weighted by Crippen LogP contribution is -2.35. The van der Waals surface area contributed by atoms with Gasteiger partial charge in [-0.2, -0.15) is 0 Å². The zero-order chi connectivity index (χ0) is 11.3. The van der Waals surface area contributed by atoms with Crippen molar-refractivity contribution in [3.8, 4) is 12.3 Å². The van der Waals surface area contributed by atoms with Gasteiger partial charge in [0.1, 0.15) is 5.82 Å². The van der Waals surface area contributed by atoms with Gasteiger partial charge in [0, 0.05) is 12.6 Å². The summed E-state index contributed by atoms with van der Waals surface area (Å²) in [6.07, 6.45) is 6.90. The van der Waals surface area contributed by atoms with Crippen LogP contribution in [0.15, 0.2) is 18.3 Å². The van der Waals surface area contributed by atoms with Crippen molar-refractivity contribution in [2.75, 3.05) is 5.32 Å². The minimum Gasteiger partial charge on any atom is -0.319 e. The lowest BCUT2D eigenvalue weighted by molar-refractivity contribution is -0.117. The van der Waals surface area contributed by atoms with Crippen molar-refractivity contribution in [1.29, 1.82) is 0 Å². The zero-order valence-corrected chi connectivity index (χ0v) is 8.53. The molecular formula is C11H13N3O. The van der Waals surface area contributed by atoms with Crippen LogP contribution in [0.25, 0.3) is 0 Å². The lowest BCUT2D eigenvalue weighted by atomic mass is 10.2. The highest BCUT2D eigenvalue weighted by atomic mass is 16.2. The molecule has 1 unspecified atom stereocenters. The fourth-order valence-electron chi connectivity index (χ4n) is 1.04. The SMILES string of the molecule is C#CCC(N)C(=O)Nc1cc(C)ccn1. The molecule has 1 aromatic rings. The molecule has 1 amide bonds. The number of aromatic nitrogens is 1. The number of amides is 1. The van der Waals surface area contributed by atoms with Crippen LogP contribution in [0, 0.1) is 19.3 Å². The van der Waals surface area contributed by atoms with E-state index in [1.165, 1.54) is 0 Å². The Balaban J connectivity index is 2.63. The number of nitrogens with one attached hydrogen (secondary N) is 1. The highest BCUT2D eigenvalue weighted by Gasteiger charge is 2.12. The van der Waals surface area contributed by atoms with E-state index in [1.807, 2.05) is 13.0 Å². The molecule has 0 fully saturated rings. The highest BCUT2D eigenvalue weighted by molar-refractivity contribution is 5.94. The summed E-state index contributed by atoms with van der Waals surface area (Å²) < 4.78 is 0. The molecule has 78 valence electrons. The second kappa shape index (κ2) is 5.13. The first-order valence-corrected chi connectivity index (χ1v) is 4.56. The summed E-state index contributed by atoms with van der Waals surface area (Å²) in [4.78, 5) is 15.4. The quantitative estimate of drug-likeness (QED) is 0.710. The first-order chi connectivity index (χ1) is 7.13. The first kappa shape index (κ1) is 11.2. The predicted molar refractivity (Wildman–Crippen MR) is 59.0 cm³/mol. The molecule has 0 bridgehead atoms. The van der Waals surface area contributed by atoms with E-state index in [4.69, 9.17) is 12.2 Å². The summed E-state index contributed by atoms with van der Waals surface area (Å²) in [6, 6.07) is 2.93. The van der Waals surface area contributed by atoms with Gasteiger partial charge in [-0.1, -0.05) is 0 Å². The number of hydrogen-bond donors (Lipinski definition) is 2. The second-order valence-corrected chi connectivity index (χ2v) is 3.22. The van der Waals surface area contributed by atoms with Gasteiger partial charge in [-0.3, -0.25) is 4.79 Å². The van der Waals surface area contributed by atoms with Crippen LogP contribution in [0.2, 0.25) is 0 Å². The summed E-state index contributed by atoms with van der Waals surface area (Å²) in [5, 5.41) is 2.60. The summed E-state index contributed by atoms with van der Waals surface area (Å²) >= 11 is 0. The number of carbonyl (C=O) groups is 1. The van der Waals surface area contributed by atoms with Crippen LogP contribution >= 0.6 is 0 Å². The van der Waals surface area contributed by atoms with Gasteiger partial charge in [0.2, 0.25) is 5.91 Å². The van der Waals surface area contributed by atoms with E-state index in [9.17, 15) is 4.79 Å². The number of hydrogen-bond acceptors (Lipinski definition) is 3. The maximum Gasteiger partial charge on any atom is 0.243 e. The molecule has 3 N–H and O–H groups in total. The van der Waals surface area contributed by atoms with E-state index in [-0.39, 0.29) is 12.3 Å². The molecule has 0 saturated heterocycles. The first-order valence-electron chi connectivity index (χ1n) is 4.56. The number of pyridine rings is 1. The third kappa shape index (κ3) is 3.41. The molecule has 0 spiro atoms. The smallest absolute Gasteiger partial charge is 0.243 e. The van der Waals surface area contributed by atoms with E-state index >= 15 is 0 Å². The third-order valence-electron chi connectivity index (χ3n) is 1.84. The Morgan fingerprint density at radius 2 is 2.53 bits per heavy atom. The molecule has 0 aliphatic carbocycles. The monoisotopic (exact) mass is 203 g/mol. The van der Waals surface area contributed by atoms with Crippen molar-refractivity contribution in [1.82, 2.24) is 4.98 Å². The molecule has 1 heterocycles. The van der Waals surface area contributed by atoms with Gasteiger partial charge < -0.3 is 11.1 Å². The number of terminal acetylenes is 1. The third-order valence-corrected chi connectivity index (χ3v) is 1.84. The standard InChI is InChI=1S/C11H13N3O/c1-3-4-9(12)11(15)14-10-7-8(2)5-6-13-10/h1,5-7,9H,4,12H2,2H3,(H,13,14,15). The second-order valence-electron chi connectivity index (χ2n) is 3.22. The number of rotatable bonds is 3. The molecule has 4 nitrogen and oxygen atoms in total. The summed E-state index contributed by atoms with van der Waals surface area (Å²) in [6.45, 7) is 1.92. The van der Waals surface area contributed by atoms with Crippen molar-refractivity contribution >= 4 is 11.7 Å². The maximum atomic E-state index is 11.4. The van der Waals surface area contributed by atoms with Gasteiger partial charge in [0.15, 0.2) is 0 Å². The van der Waals surface area contributed by atoms with Gasteiger partial charge in [-0.15, -0.1) is 12.3 Å². The van der Waals surface area contributed by atoms with Gasteiger partial charge in [0.25, 0.3) is 0 Å². The molecular weight excluding hydrogens is 190 g/mol. The van der Waals surface area contributed by atoms with E-state index in [0.29, 0.717) is 5.82 Å². The molecule has 1 rings (SSSR count). The molecule has 1 atom stereocenters. The summed E-state index contributed by atoms with van der Waals surface area (Å²) in [5.41, 5.74) is 6.55. The average molecular weight is 203 g/mol. The largest absolute Gasteiger partial charge is 0.319 e. The van der Waals surface area contributed by atoms with E-state index < -0.39 is 6.04 Å². The van der Waals surface area contributed by atoms with E-state index in [2.05, 4.69) is 16.2 Å². The fraction of sp³-hybridized carbons (Fsp3) is 0.273. The molecule has 0 radical (unpaired) electrons. The number of nitrogens with zero attached hydrogens (tertiary/aromatic N) is 1. The number of anilines is 1. The maximum absolute atomic E-state index is 11.4. The average Bonchev–Trinajstić information content (AvgIpc) is 2.18.